The van der Waals surface area contributed by atoms with Gasteiger partial charge in [-0.3, -0.25) is 10.1 Å². The normalized spacial score (nSPS) is 10.6. The number of aryl methyl sites for hydroxylation is 1. The first-order valence-electron chi connectivity index (χ1n) is 7.92. The number of benzene rings is 2. The summed E-state index contributed by atoms with van der Waals surface area (Å²) < 4.78 is 15.3. The van der Waals surface area contributed by atoms with Gasteiger partial charge in [0.2, 0.25) is 0 Å². The number of hydrogen-bond acceptors (Lipinski definition) is 7. The van der Waals surface area contributed by atoms with E-state index < -0.39 is 16.5 Å². The lowest BCUT2D eigenvalue weighted by molar-refractivity contribution is -0.386. The van der Waals surface area contributed by atoms with Gasteiger partial charge in [0.1, 0.15) is 12.2 Å². The van der Waals surface area contributed by atoms with E-state index in [1.165, 1.54) is 25.3 Å². The number of carbonyl (C=O) groups excluding carboxylic acids is 1. The first-order chi connectivity index (χ1) is 12.9. The Labute approximate surface area is 153 Å². The summed E-state index contributed by atoms with van der Waals surface area (Å²) in [5.74, 6) is -0.715. The number of nitrogens with zero attached hydrogens (tertiary/aromatic N) is 1. The third kappa shape index (κ3) is 3.79. The summed E-state index contributed by atoms with van der Waals surface area (Å²) in [6, 6.07) is 10.4. The minimum Gasteiger partial charge on any atom is -0.482 e. The highest BCUT2D eigenvalue weighted by Gasteiger charge is 2.19. The summed E-state index contributed by atoms with van der Waals surface area (Å²) in [4.78, 5) is 34.0. The molecule has 0 aliphatic heterocycles. The molecule has 0 atom stereocenters. The number of ether oxygens (including phenoxy) is 2. The summed E-state index contributed by atoms with van der Waals surface area (Å²) in [6.07, 6.45) is 0. The van der Waals surface area contributed by atoms with Crippen LogP contribution in [-0.4, -0.2) is 18.0 Å². The Morgan fingerprint density at radius 1 is 1.19 bits per heavy atom. The molecule has 0 N–H and O–H groups in total. The van der Waals surface area contributed by atoms with Gasteiger partial charge in [0, 0.05) is 23.1 Å². The van der Waals surface area contributed by atoms with Crippen LogP contribution in [-0.2, 0) is 11.3 Å². The van der Waals surface area contributed by atoms with Crippen molar-refractivity contribution in [2.45, 2.75) is 13.5 Å². The molecule has 0 unspecified atom stereocenters. The van der Waals surface area contributed by atoms with Gasteiger partial charge in [0.15, 0.2) is 5.75 Å². The van der Waals surface area contributed by atoms with Crippen LogP contribution < -0.4 is 10.4 Å². The quantitative estimate of drug-likeness (QED) is 0.293. The van der Waals surface area contributed by atoms with Crippen LogP contribution in [0.15, 0.2) is 51.7 Å². The lowest BCUT2D eigenvalue weighted by Crippen LogP contribution is -2.06. The van der Waals surface area contributed by atoms with E-state index in [1.54, 1.807) is 12.1 Å². The average molecular weight is 369 g/mol. The molecule has 2 aromatic carbocycles. The fourth-order valence-corrected chi connectivity index (χ4v) is 2.64. The van der Waals surface area contributed by atoms with Crippen LogP contribution in [0.3, 0.4) is 0 Å². The highest BCUT2D eigenvalue weighted by molar-refractivity contribution is 5.90. The van der Waals surface area contributed by atoms with E-state index in [9.17, 15) is 19.7 Å². The molecule has 0 fully saturated rings. The van der Waals surface area contributed by atoms with Gasteiger partial charge in [0.05, 0.1) is 17.6 Å². The van der Waals surface area contributed by atoms with Gasteiger partial charge in [-0.2, -0.15) is 0 Å². The van der Waals surface area contributed by atoms with Gasteiger partial charge in [-0.1, -0.05) is 12.1 Å². The molecule has 3 rings (SSSR count). The predicted octanol–water partition coefficient (Wildman–Crippen LogP) is 3.38. The Balaban J connectivity index is 1.95. The molecular formula is C19H15NO7. The largest absolute Gasteiger partial charge is 0.482 e. The van der Waals surface area contributed by atoms with Crippen LogP contribution in [0.2, 0.25) is 0 Å². The van der Waals surface area contributed by atoms with Crippen molar-refractivity contribution in [1.29, 1.82) is 0 Å². The fraction of sp³-hybridized carbons (Fsp3) is 0.158. The van der Waals surface area contributed by atoms with Gasteiger partial charge in [-0.25, -0.2) is 9.59 Å². The van der Waals surface area contributed by atoms with E-state index in [-0.39, 0.29) is 23.6 Å². The van der Waals surface area contributed by atoms with E-state index >= 15 is 0 Å². The number of carbonyl (C=O) groups is 1. The maximum atomic E-state index is 11.8. The summed E-state index contributed by atoms with van der Waals surface area (Å²) >= 11 is 0. The number of nitro benzene ring substituents is 1. The average Bonchev–Trinajstić information content (AvgIpc) is 2.64. The highest BCUT2D eigenvalue weighted by Crippen LogP contribution is 2.30. The van der Waals surface area contributed by atoms with Crippen molar-refractivity contribution in [2.75, 3.05) is 7.11 Å². The molecule has 0 saturated heterocycles. The van der Waals surface area contributed by atoms with Gasteiger partial charge < -0.3 is 13.9 Å². The molecule has 1 heterocycles. The van der Waals surface area contributed by atoms with E-state index in [1.807, 2.05) is 13.0 Å². The van der Waals surface area contributed by atoms with Crippen molar-refractivity contribution in [3.63, 3.8) is 0 Å². The Kier molecular flexibility index (Phi) is 4.89. The zero-order valence-corrected chi connectivity index (χ0v) is 14.6. The summed E-state index contributed by atoms with van der Waals surface area (Å²) in [6.45, 7) is 1.79. The van der Waals surface area contributed by atoms with Crippen LogP contribution >= 0.6 is 0 Å². The smallest absolute Gasteiger partial charge is 0.338 e. The van der Waals surface area contributed by atoms with E-state index in [4.69, 9.17) is 9.15 Å². The molecule has 0 spiro atoms. The third-order valence-corrected chi connectivity index (χ3v) is 3.95. The molecule has 27 heavy (non-hydrogen) atoms. The summed E-state index contributed by atoms with van der Waals surface area (Å²) in [7, 11) is 1.19. The number of esters is 1. The van der Waals surface area contributed by atoms with Crippen molar-refractivity contribution in [2.24, 2.45) is 0 Å². The first-order valence-corrected chi connectivity index (χ1v) is 7.92. The molecule has 3 aromatic rings. The Bertz CT molecular complexity index is 1100. The number of nitro groups is 1. The van der Waals surface area contributed by atoms with Gasteiger partial charge >= 0.3 is 17.3 Å². The van der Waals surface area contributed by atoms with Crippen molar-refractivity contribution in [3.8, 4) is 5.75 Å². The van der Waals surface area contributed by atoms with Gasteiger partial charge in [-0.05, 0) is 30.7 Å². The maximum absolute atomic E-state index is 11.8. The molecular weight excluding hydrogens is 354 g/mol. The Morgan fingerprint density at radius 2 is 1.96 bits per heavy atom. The van der Waals surface area contributed by atoms with Crippen LogP contribution in [0.4, 0.5) is 5.69 Å². The van der Waals surface area contributed by atoms with Crippen molar-refractivity contribution < 1.29 is 23.6 Å². The van der Waals surface area contributed by atoms with Crippen molar-refractivity contribution >= 4 is 22.6 Å². The lowest BCUT2D eigenvalue weighted by Gasteiger charge is -2.10. The Hall–Kier alpha value is -3.68. The molecule has 0 saturated carbocycles. The maximum Gasteiger partial charge on any atom is 0.338 e. The minimum absolute atomic E-state index is 0.0267. The van der Waals surface area contributed by atoms with Crippen LogP contribution in [0.25, 0.3) is 11.0 Å². The zero-order valence-electron chi connectivity index (χ0n) is 14.6. The first kappa shape index (κ1) is 18.1. The molecule has 0 radical (unpaired) electrons. The van der Waals surface area contributed by atoms with Crippen molar-refractivity contribution in [3.05, 3.63) is 79.7 Å². The summed E-state index contributed by atoms with van der Waals surface area (Å²) in [5, 5.41) is 12.0. The highest BCUT2D eigenvalue weighted by atomic mass is 16.6. The molecule has 1 aromatic heterocycles. The van der Waals surface area contributed by atoms with Crippen LogP contribution in [0.5, 0.6) is 5.75 Å². The number of rotatable bonds is 5. The molecule has 8 nitrogen and oxygen atoms in total. The van der Waals surface area contributed by atoms with Crippen LogP contribution in [0, 0.1) is 17.0 Å². The monoisotopic (exact) mass is 369 g/mol. The van der Waals surface area contributed by atoms with Gasteiger partial charge in [-0.15, -0.1) is 0 Å². The minimum atomic E-state index is -0.688. The van der Waals surface area contributed by atoms with Crippen LogP contribution in [0.1, 0.15) is 21.5 Å². The molecule has 0 bridgehead atoms. The van der Waals surface area contributed by atoms with E-state index in [2.05, 4.69) is 4.74 Å². The van der Waals surface area contributed by atoms with Gasteiger partial charge in [0.25, 0.3) is 0 Å². The molecule has 0 amide bonds. The standard InChI is InChI=1S/C19H15NO7/c1-11-3-5-14-13(9-18(21)27-17(14)7-11)10-26-16-6-4-12(19(22)25-2)8-15(16)20(23)24/h3-9H,10H2,1-2H3. The summed E-state index contributed by atoms with van der Waals surface area (Å²) in [5.41, 5.74) is 1.00. The SMILES string of the molecule is COC(=O)c1ccc(OCc2cc(=O)oc3cc(C)ccc23)c([N+](=O)[O-])c1. The second-order valence-corrected chi connectivity index (χ2v) is 5.81. The fourth-order valence-electron chi connectivity index (χ4n) is 2.64. The molecule has 0 aliphatic rings. The molecule has 0 aliphatic carbocycles. The number of hydrogen-bond donors (Lipinski definition) is 0. The lowest BCUT2D eigenvalue weighted by atomic mass is 10.1. The van der Waals surface area contributed by atoms with E-state index in [0.717, 1.165) is 11.6 Å². The van der Waals surface area contributed by atoms with Crippen molar-refractivity contribution in [1.82, 2.24) is 0 Å². The number of fused-ring (bicyclic) bond motifs is 1. The van der Waals surface area contributed by atoms with E-state index in [0.29, 0.717) is 16.5 Å². The second-order valence-electron chi connectivity index (χ2n) is 5.81. The predicted molar refractivity (Wildman–Crippen MR) is 96.0 cm³/mol. The molecule has 138 valence electrons. The molecule has 8 heteroatoms. The zero-order chi connectivity index (χ0) is 19.6. The Morgan fingerprint density at radius 3 is 2.67 bits per heavy atom. The third-order valence-electron chi connectivity index (χ3n) is 3.95. The topological polar surface area (TPSA) is 109 Å². The second kappa shape index (κ2) is 7.28. The number of methoxy groups -OCH3 is 1.